The van der Waals surface area contributed by atoms with Crippen LogP contribution in [-0.4, -0.2) is 12.4 Å². The van der Waals surface area contributed by atoms with Gasteiger partial charge in [0.05, 0.1) is 12.2 Å². The minimum absolute atomic E-state index is 0.0106. The Kier molecular flexibility index (Phi) is 4.77. The van der Waals surface area contributed by atoms with Gasteiger partial charge in [0.1, 0.15) is 17.2 Å². The van der Waals surface area contributed by atoms with Crippen LogP contribution in [0.15, 0.2) is 48.5 Å². The number of carbonyl (C=O) groups excluding carboxylic acids is 1. The van der Waals surface area contributed by atoms with Crippen molar-refractivity contribution in [3.63, 3.8) is 0 Å². The molecule has 0 saturated carbocycles. The van der Waals surface area contributed by atoms with Crippen molar-refractivity contribution in [2.75, 3.05) is 6.61 Å². The summed E-state index contributed by atoms with van der Waals surface area (Å²) in [5, 5.41) is 0. The van der Waals surface area contributed by atoms with Gasteiger partial charge < -0.3 is 9.47 Å². The molecule has 0 aromatic heterocycles. The summed E-state index contributed by atoms with van der Waals surface area (Å²) in [6.07, 6.45) is 0.976. The predicted octanol–water partition coefficient (Wildman–Crippen LogP) is 4.47. The minimum atomic E-state index is -0.0106. The zero-order valence-electron chi connectivity index (χ0n) is 11.8. The Morgan fingerprint density at radius 3 is 2.30 bits per heavy atom. The summed E-state index contributed by atoms with van der Waals surface area (Å²) in [6, 6.07) is 14.6. The molecule has 0 aliphatic carbocycles. The van der Waals surface area contributed by atoms with E-state index in [4.69, 9.17) is 9.47 Å². The second-order valence-electron chi connectivity index (χ2n) is 4.47. The Morgan fingerprint density at radius 1 is 1.00 bits per heavy atom. The maximum atomic E-state index is 11.5. The molecule has 2 aromatic carbocycles. The van der Waals surface area contributed by atoms with Gasteiger partial charge in [0.2, 0.25) is 0 Å². The lowest BCUT2D eigenvalue weighted by Gasteiger charge is -2.10. The molecule has 0 spiro atoms. The average Bonchev–Trinajstić information content (AvgIpc) is 2.47. The van der Waals surface area contributed by atoms with Crippen molar-refractivity contribution < 1.29 is 14.3 Å². The van der Waals surface area contributed by atoms with Crippen molar-refractivity contribution in [3.8, 4) is 17.2 Å². The minimum Gasteiger partial charge on any atom is -0.494 e. The first-order chi connectivity index (χ1) is 9.70. The predicted molar refractivity (Wildman–Crippen MR) is 78.7 cm³/mol. The lowest BCUT2D eigenvalue weighted by atomic mass is 10.1. The van der Waals surface area contributed by atoms with Crippen LogP contribution in [0, 0.1) is 0 Å². The molecule has 0 amide bonds. The van der Waals surface area contributed by atoms with Crippen molar-refractivity contribution in [3.05, 3.63) is 54.1 Å². The molecule has 3 heteroatoms. The maximum absolute atomic E-state index is 11.5. The lowest BCUT2D eigenvalue weighted by molar-refractivity contribution is 0.101. The number of para-hydroxylation sites is 1. The fourth-order valence-electron chi connectivity index (χ4n) is 1.80. The topological polar surface area (TPSA) is 35.5 Å². The van der Waals surface area contributed by atoms with Gasteiger partial charge in [-0.3, -0.25) is 4.79 Å². The van der Waals surface area contributed by atoms with Crippen molar-refractivity contribution in [1.82, 2.24) is 0 Å². The lowest BCUT2D eigenvalue weighted by Crippen LogP contribution is -1.97. The van der Waals surface area contributed by atoms with E-state index in [-0.39, 0.29) is 5.78 Å². The van der Waals surface area contributed by atoms with Gasteiger partial charge in [-0.1, -0.05) is 19.1 Å². The van der Waals surface area contributed by atoms with Crippen LogP contribution in [0.2, 0.25) is 0 Å². The van der Waals surface area contributed by atoms with E-state index in [9.17, 15) is 4.79 Å². The first kappa shape index (κ1) is 14.1. The Balaban J connectivity index is 2.12. The molecule has 0 aliphatic rings. The summed E-state index contributed by atoms with van der Waals surface area (Å²) in [6.45, 7) is 4.30. The Bertz CT molecular complexity index is 573. The smallest absolute Gasteiger partial charge is 0.163 e. The molecule has 20 heavy (non-hydrogen) atoms. The molecule has 0 N–H and O–H groups in total. The number of rotatable bonds is 6. The van der Waals surface area contributed by atoms with E-state index in [1.807, 2.05) is 36.4 Å². The van der Waals surface area contributed by atoms with E-state index in [1.54, 1.807) is 12.1 Å². The van der Waals surface area contributed by atoms with Crippen molar-refractivity contribution in [2.45, 2.75) is 20.3 Å². The second-order valence-corrected chi connectivity index (χ2v) is 4.47. The van der Waals surface area contributed by atoms with Crippen molar-refractivity contribution in [2.24, 2.45) is 0 Å². The highest BCUT2D eigenvalue weighted by molar-refractivity contribution is 5.96. The Morgan fingerprint density at radius 2 is 1.65 bits per heavy atom. The molecule has 0 fully saturated rings. The Hall–Kier alpha value is -2.29. The quantitative estimate of drug-likeness (QED) is 0.726. The van der Waals surface area contributed by atoms with E-state index in [2.05, 4.69) is 6.92 Å². The summed E-state index contributed by atoms with van der Waals surface area (Å²) in [4.78, 5) is 11.5. The summed E-state index contributed by atoms with van der Waals surface area (Å²) < 4.78 is 11.3. The van der Waals surface area contributed by atoms with Gasteiger partial charge in [0.15, 0.2) is 5.78 Å². The van der Waals surface area contributed by atoms with Gasteiger partial charge >= 0.3 is 0 Å². The number of Topliss-reactive ketones (excluding diaryl/α,β-unsaturated/α-hetero) is 1. The normalized spacial score (nSPS) is 10.1. The van der Waals surface area contributed by atoms with E-state index in [1.165, 1.54) is 6.92 Å². The third kappa shape index (κ3) is 3.60. The molecule has 0 heterocycles. The molecule has 2 rings (SSSR count). The van der Waals surface area contributed by atoms with Gasteiger partial charge in [-0.2, -0.15) is 0 Å². The third-order valence-electron chi connectivity index (χ3n) is 2.79. The number of benzene rings is 2. The van der Waals surface area contributed by atoms with E-state index >= 15 is 0 Å². The van der Waals surface area contributed by atoms with Crippen molar-refractivity contribution >= 4 is 5.78 Å². The van der Waals surface area contributed by atoms with E-state index < -0.39 is 0 Å². The molecule has 0 atom stereocenters. The van der Waals surface area contributed by atoms with Crippen LogP contribution >= 0.6 is 0 Å². The molecule has 3 nitrogen and oxygen atoms in total. The van der Waals surface area contributed by atoms with Gasteiger partial charge in [-0.05, 0) is 49.7 Å². The van der Waals surface area contributed by atoms with Crippen LogP contribution in [0.25, 0.3) is 0 Å². The molecule has 0 saturated heterocycles. The molecule has 104 valence electrons. The fraction of sp³-hybridized carbons (Fsp3) is 0.235. The monoisotopic (exact) mass is 270 g/mol. The number of ether oxygens (including phenoxy) is 2. The van der Waals surface area contributed by atoms with Gasteiger partial charge in [-0.25, -0.2) is 0 Å². The first-order valence-electron chi connectivity index (χ1n) is 6.71. The summed E-state index contributed by atoms with van der Waals surface area (Å²) in [7, 11) is 0. The number of carbonyl (C=O) groups is 1. The Labute approximate surface area is 119 Å². The molecule has 2 aromatic rings. The van der Waals surface area contributed by atoms with Crippen LogP contribution in [0.1, 0.15) is 30.6 Å². The molecule has 0 radical (unpaired) electrons. The summed E-state index contributed by atoms with van der Waals surface area (Å²) in [5.74, 6) is 2.06. The van der Waals surface area contributed by atoms with Crippen molar-refractivity contribution in [1.29, 1.82) is 0 Å². The third-order valence-corrected chi connectivity index (χ3v) is 2.79. The van der Waals surface area contributed by atoms with E-state index in [0.717, 1.165) is 12.2 Å². The standard InChI is InChI=1S/C17H18O3/c1-3-12-19-14-8-10-15(11-9-14)20-17-7-5-4-6-16(17)13(2)18/h4-11H,3,12H2,1-2H3. The van der Waals surface area contributed by atoms with Crippen LogP contribution in [0.4, 0.5) is 0 Å². The number of ketones is 1. The molecule has 0 unspecified atom stereocenters. The van der Waals surface area contributed by atoms with Crippen LogP contribution < -0.4 is 9.47 Å². The highest BCUT2D eigenvalue weighted by Gasteiger charge is 2.08. The SMILES string of the molecule is CCCOc1ccc(Oc2ccccc2C(C)=O)cc1. The second kappa shape index (κ2) is 6.75. The highest BCUT2D eigenvalue weighted by atomic mass is 16.5. The van der Waals surface area contributed by atoms with Crippen LogP contribution in [0.3, 0.4) is 0 Å². The number of hydrogen-bond acceptors (Lipinski definition) is 3. The van der Waals surface area contributed by atoms with Gasteiger partial charge in [0.25, 0.3) is 0 Å². The van der Waals surface area contributed by atoms with Gasteiger partial charge in [0, 0.05) is 0 Å². The van der Waals surface area contributed by atoms with Gasteiger partial charge in [-0.15, -0.1) is 0 Å². The molecular formula is C17H18O3. The zero-order chi connectivity index (χ0) is 14.4. The summed E-state index contributed by atoms with van der Waals surface area (Å²) >= 11 is 0. The number of hydrogen-bond donors (Lipinski definition) is 0. The maximum Gasteiger partial charge on any atom is 0.163 e. The molecule has 0 bridgehead atoms. The zero-order valence-corrected chi connectivity index (χ0v) is 11.8. The summed E-state index contributed by atoms with van der Waals surface area (Å²) in [5.41, 5.74) is 0.582. The average molecular weight is 270 g/mol. The fourth-order valence-corrected chi connectivity index (χ4v) is 1.80. The van der Waals surface area contributed by atoms with Crippen LogP contribution in [0.5, 0.6) is 17.2 Å². The largest absolute Gasteiger partial charge is 0.494 e. The van der Waals surface area contributed by atoms with E-state index in [0.29, 0.717) is 23.7 Å². The van der Waals surface area contributed by atoms with Crippen LogP contribution in [-0.2, 0) is 0 Å². The molecule has 0 aliphatic heterocycles. The highest BCUT2D eigenvalue weighted by Crippen LogP contribution is 2.27. The first-order valence-corrected chi connectivity index (χ1v) is 6.71. The molecular weight excluding hydrogens is 252 g/mol.